The molecule has 0 bridgehead atoms. The predicted molar refractivity (Wildman–Crippen MR) is 70.0 cm³/mol. The van der Waals surface area contributed by atoms with Crippen molar-refractivity contribution in [1.82, 2.24) is 9.97 Å². The average molecular weight is 251 g/mol. The summed E-state index contributed by atoms with van der Waals surface area (Å²) in [5, 5.41) is 3.22. The molecule has 1 aliphatic heterocycles. The van der Waals surface area contributed by atoms with Crippen molar-refractivity contribution in [2.75, 3.05) is 25.1 Å². The zero-order valence-electron chi connectivity index (χ0n) is 11.1. The molecule has 18 heavy (non-hydrogen) atoms. The molecule has 1 aliphatic rings. The van der Waals surface area contributed by atoms with Gasteiger partial charge in [-0.2, -0.15) is 4.98 Å². The van der Waals surface area contributed by atoms with E-state index in [9.17, 15) is 0 Å². The quantitative estimate of drug-likeness (QED) is 0.839. The molecular weight excluding hydrogens is 230 g/mol. The first-order valence-electron chi connectivity index (χ1n) is 6.62. The Labute approximate surface area is 108 Å². The lowest BCUT2D eigenvalue weighted by atomic mass is 10.2. The van der Waals surface area contributed by atoms with Crippen LogP contribution in [-0.2, 0) is 4.74 Å². The number of aryl methyl sites for hydroxylation is 1. The molecule has 0 radical (unpaired) electrons. The van der Waals surface area contributed by atoms with Gasteiger partial charge in [0.15, 0.2) is 0 Å². The molecule has 1 fully saturated rings. The van der Waals surface area contributed by atoms with Gasteiger partial charge in [0.25, 0.3) is 0 Å². The van der Waals surface area contributed by atoms with Gasteiger partial charge in [0.2, 0.25) is 11.8 Å². The molecule has 1 N–H and O–H groups in total. The highest BCUT2D eigenvalue weighted by molar-refractivity contribution is 5.30. The lowest BCUT2D eigenvalue weighted by Gasteiger charge is -2.12. The summed E-state index contributed by atoms with van der Waals surface area (Å²) >= 11 is 0. The first-order chi connectivity index (χ1) is 8.78. The van der Waals surface area contributed by atoms with Gasteiger partial charge in [-0.25, -0.2) is 4.98 Å². The second-order valence-corrected chi connectivity index (χ2v) is 4.54. The van der Waals surface area contributed by atoms with E-state index in [4.69, 9.17) is 9.47 Å². The van der Waals surface area contributed by atoms with Gasteiger partial charge in [-0.3, -0.25) is 0 Å². The van der Waals surface area contributed by atoms with Crippen LogP contribution in [0, 0.1) is 6.92 Å². The highest BCUT2D eigenvalue weighted by atomic mass is 16.5. The van der Waals surface area contributed by atoms with Gasteiger partial charge < -0.3 is 14.8 Å². The number of anilines is 1. The number of nitrogens with zero attached hydrogens (tertiary/aromatic N) is 2. The van der Waals surface area contributed by atoms with Crippen LogP contribution in [-0.4, -0.2) is 35.8 Å². The van der Waals surface area contributed by atoms with Gasteiger partial charge in [0.05, 0.1) is 12.7 Å². The number of nitrogens with one attached hydrogen (secondary N) is 1. The normalized spacial score (nSPS) is 18.9. The molecule has 0 saturated carbocycles. The van der Waals surface area contributed by atoms with E-state index in [1.54, 1.807) is 0 Å². The van der Waals surface area contributed by atoms with Crippen LogP contribution in [0.2, 0.25) is 0 Å². The molecule has 5 nitrogen and oxygen atoms in total. The summed E-state index contributed by atoms with van der Waals surface area (Å²) < 4.78 is 11.1. The van der Waals surface area contributed by atoms with Crippen molar-refractivity contribution in [3.63, 3.8) is 0 Å². The molecular formula is C13H21N3O2. The van der Waals surface area contributed by atoms with Gasteiger partial charge in [0.1, 0.15) is 0 Å². The summed E-state index contributed by atoms with van der Waals surface area (Å²) in [4.78, 5) is 8.68. The molecule has 2 rings (SSSR count). The Balaban J connectivity index is 1.91. The largest absolute Gasteiger partial charge is 0.478 e. The fourth-order valence-corrected chi connectivity index (χ4v) is 1.91. The van der Waals surface area contributed by atoms with E-state index in [0.717, 1.165) is 38.1 Å². The zero-order valence-corrected chi connectivity index (χ0v) is 11.1. The third-order valence-corrected chi connectivity index (χ3v) is 2.80. The Kier molecular flexibility index (Phi) is 4.75. The minimum atomic E-state index is 0.286. The number of hydrogen-bond donors (Lipinski definition) is 1. The molecule has 1 saturated heterocycles. The molecule has 1 unspecified atom stereocenters. The van der Waals surface area contributed by atoms with E-state index < -0.39 is 0 Å². The maximum absolute atomic E-state index is 5.55. The fourth-order valence-electron chi connectivity index (χ4n) is 1.91. The van der Waals surface area contributed by atoms with Crippen molar-refractivity contribution in [2.24, 2.45) is 0 Å². The Morgan fingerprint density at radius 3 is 3.11 bits per heavy atom. The highest BCUT2D eigenvalue weighted by Crippen LogP contribution is 2.15. The Morgan fingerprint density at radius 2 is 2.39 bits per heavy atom. The predicted octanol–water partition coefficient (Wildman–Crippen LogP) is 2.16. The van der Waals surface area contributed by atoms with Crippen molar-refractivity contribution in [3.05, 3.63) is 11.8 Å². The Bertz CT molecular complexity index is 378. The summed E-state index contributed by atoms with van der Waals surface area (Å²) in [6.07, 6.45) is 3.51. The molecule has 0 aromatic carbocycles. The highest BCUT2D eigenvalue weighted by Gasteiger charge is 2.15. The maximum Gasteiger partial charge on any atom is 0.226 e. The van der Waals surface area contributed by atoms with Crippen LogP contribution in [0.15, 0.2) is 6.07 Å². The van der Waals surface area contributed by atoms with Gasteiger partial charge in [0, 0.05) is 24.9 Å². The third-order valence-electron chi connectivity index (χ3n) is 2.80. The zero-order chi connectivity index (χ0) is 12.8. The molecule has 5 heteroatoms. The second kappa shape index (κ2) is 6.54. The minimum absolute atomic E-state index is 0.286. The summed E-state index contributed by atoms with van der Waals surface area (Å²) in [5.74, 6) is 1.26. The number of ether oxygens (including phenoxy) is 2. The summed E-state index contributed by atoms with van der Waals surface area (Å²) in [5.41, 5.74) is 0.908. The fraction of sp³-hybridized carbons (Fsp3) is 0.692. The average Bonchev–Trinajstić information content (AvgIpc) is 2.86. The molecule has 2 heterocycles. The lowest BCUT2D eigenvalue weighted by Crippen LogP contribution is -2.19. The Morgan fingerprint density at radius 1 is 1.50 bits per heavy atom. The van der Waals surface area contributed by atoms with Crippen molar-refractivity contribution < 1.29 is 9.47 Å². The summed E-state index contributed by atoms with van der Waals surface area (Å²) in [7, 11) is 0. The monoisotopic (exact) mass is 251 g/mol. The van der Waals surface area contributed by atoms with Gasteiger partial charge in [-0.1, -0.05) is 6.92 Å². The molecule has 0 spiro atoms. The van der Waals surface area contributed by atoms with E-state index in [2.05, 4.69) is 22.2 Å². The molecule has 1 aromatic rings. The smallest absolute Gasteiger partial charge is 0.226 e. The SMILES string of the molecule is CCCOc1cc(C)nc(NCC2CCCO2)n1. The molecule has 100 valence electrons. The van der Waals surface area contributed by atoms with Crippen LogP contribution in [0.1, 0.15) is 31.9 Å². The van der Waals surface area contributed by atoms with Crippen LogP contribution < -0.4 is 10.1 Å². The first kappa shape index (κ1) is 13.1. The number of aromatic nitrogens is 2. The molecule has 1 atom stereocenters. The van der Waals surface area contributed by atoms with E-state index >= 15 is 0 Å². The van der Waals surface area contributed by atoms with Crippen molar-refractivity contribution in [1.29, 1.82) is 0 Å². The van der Waals surface area contributed by atoms with Crippen LogP contribution in [0.4, 0.5) is 5.95 Å². The van der Waals surface area contributed by atoms with Crippen LogP contribution >= 0.6 is 0 Å². The summed E-state index contributed by atoms with van der Waals surface area (Å²) in [6.45, 7) is 6.33. The minimum Gasteiger partial charge on any atom is -0.478 e. The van der Waals surface area contributed by atoms with E-state index in [0.29, 0.717) is 18.4 Å². The second-order valence-electron chi connectivity index (χ2n) is 4.54. The molecule has 1 aromatic heterocycles. The van der Waals surface area contributed by atoms with Gasteiger partial charge in [-0.15, -0.1) is 0 Å². The van der Waals surface area contributed by atoms with Gasteiger partial charge >= 0.3 is 0 Å². The van der Waals surface area contributed by atoms with Crippen molar-refractivity contribution in [2.45, 2.75) is 39.2 Å². The Hall–Kier alpha value is -1.36. The number of hydrogen-bond acceptors (Lipinski definition) is 5. The summed E-state index contributed by atoms with van der Waals surface area (Å²) in [6, 6.07) is 1.85. The topological polar surface area (TPSA) is 56.3 Å². The first-order valence-corrected chi connectivity index (χ1v) is 6.62. The van der Waals surface area contributed by atoms with E-state index in [-0.39, 0.29) is 6.10 Å². The lowest BCUT2D eigenvalue weighted by molar-refractivity contribution is 0.120. The van der Waals surface area contributed by atoms with Gasteiger partial charge in [-0.05, 0) is 26.2 Å². The van der Waals surface area contributed by atoms with Crippen molar-refractivity contribution >= 4 is 5.95 Å². The third kappa shape index (κ3) is 3.84. The number of rotatable bonds is 6. The van der Waals surface area contributed by atoms with Crippen LogP contribution in [0.3, 0.4) is 0 Å². The van der Waals surface area contributed by atoms with Crippen LogP contribution in [0.5, 0.6) is 5.88 Å². The van der Waals surface area contributed by atoms with Crippen LogP contribution in [0.25, 0.3) is 0 Å². The maximum atomic E-state index is 5.55. The van der Waals surface area contributed by atoms with Crippen molar-refractivity contribution in [3.8, 4) is 5.88 Å². The molecule has 0 aliphatic carbocycles. The standard InChI is InChI=1S/C13H21N3O2/c1-3-6-18-12-8-10(2)15-13(16-12)14-9-11-5-4-7-17-11/h8,11H,3-7,9H2,1-2H3,(H,14,15,16). The molecule has 0 amide bonds. The van der Waals surface area contributed by atoms with E-state index in [1.807, 2.05) is 13.0 Å². The van der Waals surface area contributed by atoms with E-state index in [1.165, 1.54) is 0 Å².